The molecule has 3 heterocycles. The van der Waals surface area contributed by atoms with Crippen LogP contribution in [-0.2, 0) is 4.74 Å². The fraction of sp³-hybridized carbons (Fsp3) is 0.333. The molecule has 3 unspecified atom stereocenters. The van der Waals surface area contributed by atoms with Crippen LogP contribution in [0.4, 0.5) is 14.6 Å². The first-order valence-corrected chi connectivity index (χ1v) is 9.34. The summed E-state index contributed by atoms with van der Waals surface area (Å²) in [5.41, 5.74) is -0.0327. The van der Waals surface area contributed by atoms with Crippen molar-refractivity contribution in [3.8, 4) is 11.5 Å². The number of anilines is 1. The van der Waals surface area contributed by atoms with Crippen LogP contribution in [0.1, 0.15) is 18.7 Å². The molecule has 3 atom stereocenters. The summed E-state index contributed by atoms with van der Waals surface area (Å²) in [6, 6.07) is 4.82. The van der Waals surface area contributed by atoms with E-state index in [1.54, 1.807) is 12.1 Å². The number of hydrogen-bond donors (Lipinski definition) is 2. The predicted octanol–water partition coefficient (Wildman–Crippen LogP) is 2.73. The number of alkyl halides is 2. The largest absolute Gasteiger partial charge is 0.454 e. The first-order valence-electron chi connectivity index (χ1n) is 8.55. The molecular weight excluding hydrogens is 456 g/mol. The number of aliphatic hydroxyl groups is 1. The third kappa shape index (κ3) is 3.28. The average Bonchev–Trinajstić information content (AvgIpc) is 3.20. The van der Waals surface area contributed by atoms with Crippen molar-refractivity contribution in [1.82, 2.24) is 9.55 Å². The zero-order chi connectivity index (χ0) is 20.9. The van der Waals surface area contributed by atoms with E-state index < -0.39 is 30.0 Å². The molecule has 2 aromatic rings. The van der Waals surface area contributed by atoms with E-state index in [0.717, 1.165) is 6.20 Å². The van der Waals surface area contributed by atoms with Gasteiger partial charge >= 0.3 is 11.6 Å². The van der Waals surface area contributed by atoms with Gasteiger partial charge in [0.2, 0.25) is 13.0 Å². The highest BCUT2D eigenvalue weighted by atomic mass is 79.9. The molecule has 0 aliphatic carbocycles. The summed E-state index contributed by atoms with van der Waals surface area (Å²) >= 11 is 3.41. The van der Waals surface area contributed by atoms with Gasteiger partial charge in [0.1, 0.15) is 11.9 Å². The quantitative estimate of drug-likeness (QED) is 0.707. The summed E-state index contributed by atoms with van der Waals surface area (Å²) in [6.07, 6.45) is -3.96. The number of nitrogens with one attached hydrogen (secondary N) is 1. The first-order chi connectivity index (χ1) is 13.7. The summed E-state index contributed by atoms with van der Waals surface area (Å²) in [5, 5.41) is 12.5. The maximum absolute atomic E-state index is 14.2. The van der Waals surface area contributed by atoms with Gasteiger partial charge in [0.05, 0.1) is 11.7 Å². The Bertz CT molecular complexity index is 1040. The van der Waals surface area contributed by atoms with Gasteiger partial charge in [-0.2, -0.15) is 13.8 Å². The molecule has 1 aromatic carbocycles. The van der Waals surface area contributed by atoms with Crippen molar-refractivity contribution in [2.45, 2.75) is 31.3 Å². The summed E-state index contributed by atoms with van der Waals surface area (Å²) in [4.78, 5) is 16.1. The van der Waals surface area contributed by atoms with Gasteiger partial charge in [0.15, 0.2) is 11.5 Å². The molecule has 154 valence electrons. The van der Waals surface area contributed by atoms with Gasteiger partial charge in [-0.05, 0) is 41.1 Å². The number of fused-ring (bicyclic) bond motifs is 1. The maximum atomic E-state index is 14.2. The second-order valence-electron chi connectivity index (χ2n) is 6.58. The molecule has 0 radical (unpaired) electrons. The van der Waals surface area contributed by atoms with Gasteiger partial charge in [-0.15, -0.1) is 0 Å². The van der Waals surface area contributed by atoms with Crippen LogP contribution in [0.25, 0.3) is 5.70 Å². The second-order valence-corrected chi connectivity index (χ2v) is 7.43. The van der Waals surface area contributed by atoms with Gasteiger partial charge in [0.25, 0.3) is 0 Å². The Morgan fingerprint density at radius 1 is 1.41 bits per heavy atom. The topological polar surface area (TPSA) is 94.8 Å². The lowest BCUT2D eigenvalue weighted by Gasteiger charge is -2.21. The van der Waals surface area contributed by atoms with Crippen molar-refractivity contribution in [2.24, 2.45) is 0 Å². The highest BCUT2D eigenvalue weighted by Crippen LogP contribution is 2.43. The highest BCUT2D eigenvalue weighted by molar-refractivity contribution is 9.10. The van der Waals surface area contributed by atoms with E-state index in [4.69, 9.17) is 14.2 Å². The Morgan fingerprint density at radius 2 is 2.17 bits per heavy atom. The number of halogens is 3. The van der Waals surface area contributed by atoms with Crippen LogP contribution >= 0.6 is 15.9 Å². The monoisotopic (exact) mass is 471 g/mol. The van der Waals surface area contributed by atoms with Crippen LogP contribution in [0.3, 0.4) is 0 Å². The smallest absolute Gasteiger partial charge is 0.351 e. The fourth-order valence-electron chi connectivity index (χ4n) is 3.19. The Labute approximate surface area is 171 Å². The van der Waals surface area contributed by atoms with Crippen LogP contribution < -0.4 is 20.5 Å². The van der Waals surface area contributed by atoms with E-state index in [1.807, 2.05) is 0 Å². The Kier molecular flexibility index (Phi) is 4.83. The molecule has 4 rings (SSSR count). The van der Waals surface area contributed by atoms with Crippen molar-refractivity contribution >= 4 is 27.4 Å². The van der Waals surface area contributed by atoms with Crippen LogP contribution in [-0.4, -0.2) is 39.6 Å². The van der Waals surface area contributed by atoms with Crippen molar-refractivity contribution in [3.63, 3.8) is 0 Å². The van der Waals surface area contributed by atoms with Gasteiger partial charge in [-0.3, -0.25) is 4.57 Å². The Hall–Kier alpha value is -2.50. The van der Waals surface area contributed by atoms with E-state index in [9.17, 15) is 18.7 Å². The normalized spacial score (nSPS) is 24.5. The SMILES string of the molecule is C=C(Nc1ccn(C2OC(C)C(O)C2(F)F)c(=O)n1)c1c(Br)ccc2c1OCO2. The molecule has 0 amide bonds. The molecular formula is C18H16BrF2N3O5. The van der Waals surface area contributed by atoms with Gasteiger partial charge in [0, 0.05) is 16.4 Å². The van der Waals surface area contributed by atoms with Crippen molar-refractivity contribution < 1.29 is 28.1 Å². The number of ether oxygens (including phenoxy) is 3. The third-order valence-corrected chi connectivity index (χ3v) is 5.32. The van der Waals surface area contributed by atoms with E-state index in [1.165, 1.54) is 13.0 Å². The van der Waals surface area contributed by atoms with Gasteiger partial charge in [-0.25, -0.2) is 4.79 Å². The minimum absolute atomic E-state index is 0.0697. The summed E-state index contributed by atoms with van der Waals surface area (Å²) in [7, 11) is 0. The zero-order valence-electron chi connectivity index (χ0n) is 15.1. The third-order valence-electron chi connectivity index (χ3n) is 4.66. The van der Waals surface area contributed by atoms with Crippen molar-refractivity contribution in [3.05, 3.63) is 51.5 Å². The molecule has 1 aromatic heterocycles. The number of nitrogens with zero attached hydrogens (tertiary/aromatic N) is 2. The number of benzene rings is 1. The molecule has 8 nitrogen and oxygen atoms in total. The summed E-state index contributed by atoms with van der Waals surface area (Å²) < 4.78 is 45.6. The summed E-state index contributed by atoms with van der Waals surface area (Å²) in [6.45, 7) is 5.30. The van der Waals surface area contributed by atoms with Gasteiger partial charge in [-0.1, -0.05) is 6.58 Å². The lowest BCUT2D eigenvalue weighted by Crippen LogP contribution is -2.41. The molecule has 2 aliphatic heterocycles. The minimum Gasteiger partial charge on any atom is -0.454 e. The van der Waals surface area contributed by atoms with Crippen LogP contribution in [0.2, 0.25) is 0 Å². The molecule has 0 saturated carbocycles. The van der Waals surface area contributed by atoms with E-state index in [2.05, 4.69) is 32.8 Å². The van der Waals surface area contributed by atoms with Crippen molar-refractivity contribution in [2.75, 3.05) is 12.1 Å². The lowest BCUT2D eigenvalue weighted by atomic mass is 10.1. The molecule has 0 bridgehead atoms. The van der Waals surface area contributed by atoms with Gasteiger partial charge < -0.3 is 24.6 Å². The minimum atomic E-state index is -3.63. The molecule has 1 saturated heterocycles. The Balaban J connectivity index is 1.60. The lowest BCUT2D eigenvalue weighted by molar-refractivity contribution is -0.140. The van der Waals surface area contributed by atoms with Crippen LogP contribution in [0.15, 0.2) is 40.2 Å². The average molecular weight is 472 g/mol. The molecule has 2 aliphatic rings. The fourth-order valence-corrected chi connectivity index (χ4v) is 3.74. The second kappa shape index (κ2) is 7.08. The van der Waals surface area contributed by atoms with E-state index >= 15 is 0 Å². The molecule has 1 fully saturated rings. The van der Waals surface area contributed by atoms with E-state index in [0.29, 0.717) is 31.8 Å². The van der Waals surface area contributed by atoms with Crippen LogP contribution in [0, 0.1) is 0 Å². The predicted molar refractivity (Wildman–Crippen MR) is 102 cm³/mol. The standard InChI is InChI=1S/C18H16BrF2N3O5/c1-8(13-10(19)3-4-11-14(13)28-7-27-11)22-12-5-6-24(17(26)23-12)16-18(20,21)15(25)9(2)29-16/h3-6,9,15-16,25H,1,7H2,2H3,(H,22,23,26). The number of rotatable bonds is 4. The van der Waals surface area contributed by atoms with E-state index in [-0.39, 0.29) is 12.6 Å². The number of aromatic nitrogens is 2. The van der Waals surface area contributed by atoms with Crippen molar-refractivity contribution in [1.29, 1.82) is 0 Å². The molecule has 29 heavy (non-hydrogen) atoms. The first kappa shape index (κ1) is 19.8. The zero-order valence-corrected chi connectivity index (χ0v) is 16.7. The summed E-state index contributed by atoms with van der Waals surface area (Å²) in [5.74, 6) is -2.51. The highest BCUT2D eigenvalue weighted by Gasteiger charge is 2.58. The molecule has 2 N–H and O–H groups in total. The number of hydrogen-bond acceptors (Lipinski definition) is 7. The molecule has 11 heteroatoms. The Morgan fingerprint density at radius 3 is 2.83 bits per heavy atom. The maximum Gasteiger partial charge on any atom is 0.351 e. The van der Waals surface area contributed by atoms with Crippen LogP contribution in [0.5, 0.6) is 11.5 Å². The number of aliphatic hydroxyl groups excluding tert-OH is 1. The molecule has 0 spiro atoms.